The standard InChI is InChI=1S/C17H34N2O2/c1-15(2)11-13(12-16(3,4)18-15)10-14(20)19(7)9-8-17(5,6)21/h13,18,21H,8-12H2,1-7H3. The summed E-state index contributed by atoms with van der Waals surface area (Å²) in [5.74, 6) is 0.617. The average molecular weight is 298 g/mol. The molecule has 0 aromatic carbocycles. The summed E-state index contributed by atoms with van der Waals surface area (Å²) in [7, 11) is 1.84. The summed E-state index contributed by atoms with van der Waals surface area (Å²) in [6, 6.07) is 0. The van der Waals surface area contributed by atoms with E-state index in [1.165, 1.54) is 0 Å². The van der Waals surface area contributed by atoms with E-state index < -0.39 is 5.60 Å². The second-order valence-corrected chi connectivity index (χ2v) is 8.75. The number of piperidine rings is 1. The fourth-order valence-corrected chi connectivity index (χ4v) is 3.65. The number of rotatable bonds is 5. The molecule has 1 aliphatic heterocycles. The van der Waals surface area contributed by atoms with Crippen LogP contribution in [0.25, 0.3) is 0 Å². The molecular formula is C17H34N2O2. The third-order valence-corrected chi connectivity index (χ3v) is 4.22. The molecule has 1 fully saturated rings. The van der Waals surface area contributed by atoms with Crippen molar-refractivity contribution >= 4 is 5.91 Å². The van der Waals surface area contributed by atoms with Crippen LogP contribution in [0.1, 0.15) is 67.2 Å². The first-order valence-electron chi connectivity index (χ1n) is 8.05. The summed E-state index contributed by atoms with van der Waals surface area (Å²) in [5, 5.41) is 13.4. The Hall–Kier alpha value is -0.610. The van der Waals surface area contributed by atoms with Crippen LogP contribution in [-0.4, -0.2) is 46.2 Å². The van der Waals surface area contributed by atoms with Gasteiger partial charge in [-0.05, 0) is 66.7 Å². The van der Waals surface area contributed by atoms with Crippen molar-refractivity contribution in [2.24, 2.45) is 5.92 Å². The van der Waals surface area contributed by atoms with E-state index in [4.69, 9.17) is 0 Å². The van der Waals surface area contributed by atoms with Gasteiger partial charge in [0.1, 0.15) is 0 Å². The van der Waals surface area contributed by atoms with Crippen LogP contribution in [0.2, 0.25) is 0 Å². The third kappa shape index (κ3) is 6.79. The van der Waals surface area contributed by atoms with Crippen LogP contribution in [0.15, 0.2) is 0 Å². The van der Waals surface area contributed by atoms with E-state index in [9.17, 15) is 9.90 Å². The molecule has 0 bridgehead atoms. The molecule has 4 nitrogen and oxygen atoms in total. The minimum Gasteiger partial charge on any atom is -0.390 e. The topological polar surface area (TPSA) is 52.6 Å². The molecular weight excluding hydrogens is 264 g/mol. The van der Waals surface area contributed by atoms with Crippen LogP contribution >= 0.6 is 0 Å². The lowest BCUT2D eigenvalue weighted by molar-refractivity contribution is -0.132. The van der Waals surface area contributed by atoms with E-state index >= 15 is 0 Å². The van der Waals surface area contributed by atoms with E-state index in [0.717, 1.165) is 12.8 Å². The van der Waals surface area contributed by atoms with Gasteiger partial charge in [0.2, 0.25) is 5.91 Å². The number of hydrogen-bond acceptors (Lipinski definition) is 3. The Bertz CT molecular complexity index is 353. The van der Waals surface area contributed by atoms with Crippen molar-refractivity contribution < 1.29 is 9.90 Å². The maximum Gasteiger partial charge on any atom is 0.222 e. The maximum absolute atomic E-state index is 12.4. The van der Waals surface area contributed by atoms with E-state index in [2.05, 4.69) is 33.0 Å². The molecule has 21 heavy (non-hydrogen) atoms. The van der Waals surface area contributed by atoms with Crippen molar-refractivity contribution in [3.8, 4) is 0 Å². The van der Waals surface area contributed by atoms with E-state index in [0.29, 0.717) is 25.3 Å². The maximum atomic E-state index is 12.4. The van der Waals surface area contributed by atoms with Crippen molar-refractivity contribution in [2.45, 2.75) is 83.9 Å². The SMILES string of the molecule is CN(CCC(C)(C)O)C(=O)CC1CC(C)(C)NC(C)(C)C1. The molecule has 1 rings (SSSR count). The van der Waals surface area contributed by atoms with Crippen LogP contribution in [0.4, 0.5) is 0 Å². The highest BCUT2D eigenvalue weighted by Crippen LogP contribution is 2.34. The third-order valence-electron chi connectivity index (χ3n) is 4.22. The molecule has 1 aliphatic rings. The van der Waals surface area contributed by atoms with Crippen molar-refractivity contribution in [2.75, 3.05) is 13.6 Å². The minimum atomic E-state index is -0.715. The molecule has 1 amide bonds. The van der Waals surface area contributed by atoms with Gasteiger partial charge in [-0.1, -0.05) is 0 Å². The molecule has 0 unspecified atom stereocenters. The van der Waals surface area contributed by atoms with Crippen LogP contribution in [-0.2, 0) is 4.79 Å². The summed E-state index contributed by atoms with van der Waals surface area (Å²) in [5.41, 5.74) is -0.552. The molecule has 0 aromatic heterocycles. The highest BCUT2D eigenvalue weighted by molar-refractivity contribution is 5.76. The summed E-state index contributed by atoms with van der Waals surface area (Å²) < 4.78 is 0. The van der Waals surface area contributed by atoms with Crippen LogP contribution in [0.3, 0.4) is 0 Å². The van der Waals surface area contributed by atoms with Crippen LogP contribution < -0.4 is 5.32 Å². The predicted octanol–water partition coefficient (Wildman–Crippen LogP) is 2.55. The van der Waals surface area contributed by atoms with Gasteiger partial charge in [0.25, 0.3) is 0 Å². The molecule has 2 N–H and O–H groups in total. The Kier molecular flexibility index (Phi) is 5.49. The highest BCUT2D eigenvalue weighted by atomic mass is 16.3. The number of nitrogens with one attached hydrogen (secondary N) is 1. The summed E-state index contributed by atoms with van der Waals surface area (Å²) in [6.45, 7) is 13.0. The zero-order valence-electron chi connectivity index (χ0n) is 14.9. The zero-order valence-corrected chi connectivity index (χ0v) is 14.9. The molecule has 0 aromatic rings. The lowest BCUT2D eigenvalue weighted by Gasteiger charge is -2.46. The number of carbonyl (C=O) groups is 1. The normalized spacial score (nSPS) is 22.1. The Morgan fingerprint density at radius 2 is 1.71 bits per heavy atom. The second-order valence-electron chi connectivity index (χ2n) is 8.75. The monoisotopic (exact) mass is 298 g/mol. The first-order valence-corrected chi connectivity index (χ1v) is 8.05. The summed E-state index contributed by atoms with van der Waals surface area (Å²) in [6.07, 6.45) is 3.28. The first kappa shape index (κ1) is 18.4. The zero-order chi connectivity index (χ0) is 16.5. The Balaban J connectivity index is 2.54. The van der Waals surface area contributed by atoms with Gasteiger partial charge in [-0.2, -0.15) is 0 Å². The predicted molar refractivity (Wildman–Crippen MR) is 87.2 cm³/mol. The smallest absolute Gasteiger partial charge is 0.222 e. The van der Waals surface area contributed by atoms with Gasteiger partial charge < -0.3 is 15.3 Å². The average Bonchev–Trinajstić information content (AvgIpc) is 2.19. The van der Waals surface area contributed by atoms with Gasteiger partial charge in [-0.25, -0.2) is 0 Å². The van der Waals surface area contributed by atoms with Crippen molar-refractivity contribution in [3.05, 3.63) is 0 Å². The van der Waals surface area contributed by atoms with Crippen LogP contribution in [0.5, 0.6) is 0 Å². The fourth-order valence-electron chi connectivity index (χ4n) is 3.65. The van der Waals surface area contributed by atoms with E-state index in [1.54, 1.807) is 18.7 Å². The number of amides is 1. The number of carbonyl (C=O) groups excluding carboxylic acids is 1. The Morgan fingerprint density at radius 1 is 1.24 bits per heavy atom. The molecule has 124 valence electrons. The lowest BCUT2D eigenvalue weighted by Crippen LogP contribution is -2.58. The number of nitrogens with zero attached hydrogens (tertiary/aromatic N) is 1. The summed E-state index contributed by atoms with van der Waals surface area (Å²) in [4.78, 5) is 14.1. The molecule has 0 saturated carbocycles. The fraction of sp³-hybridized carbons (Fsp3) is 0.941. The van der Waals surface area contributed by atoms with Gasteiger partial charge in [-0.3, -0.25) is 4.79 Å². The molecule has 1 saturated heterocycles. The number of aliphatic hydroxyl groups is 1. The van der Waals surface area contributed by atoms with Gasteiger partial charge >= 0.3 is 0 Å². The lowest BCUT2D eigenvalue weighted by atomic mass is 9.74. The quantitative estimate of drug-likeness (QED) is 0.820. The molecule has 0 aliphatic carbocycles. The van der Waals surface area contributed by atoms with Gasteiger partial charge in [-0.15, -0.1) is 0 Å². The van der Waals surface area contributed by atoms with Gasteiger partial charge in [0.15, 0.2) is 0 Å². The molecule has 1 heterocycles. The highest BCUT2D eigenvalue weighted by Gasteiger charge is 2.38. The molecule has 0 atom stereocenters. The Labute approximate surface area is 130 Å². The van der Waals surface area contributed by atoms with Gasteiger partial charge in [0.05, 0.1) is 5.60 Å². The van der Waals surface area contributed by atoms with Crippen molar-refractivity contribution in [1.82, 2.24) is 10.2 Å². The molecule has 0 radical (unpaired) electrons. The van der Waals surface area contributed by atoms with Crippen molar-refractivity contribution in [3.63, 3.8) is 0 Å². The van der Waals surface area contributed by atoms with E-state index in [-0.39, 0.29) is 17.0 Å². The summed E-state index contributed by atoms with van der Waals surface area (Å²) >= 11 is 0. The molecule has 4 heteroatoms. The van der Waals surface area contributed by atoms with E-state index in [1.807, 2.05) is 7.05 Å². The second kappa shape index (κ2) is 6.25. The van der Waals surface area contributed by atoms with Crippen LogP contribution in [0, 0.1) is 5.92 Å². The largest absolute Gasteiger partial charge is 0.390 e. The number of hydrogen-bond donors (Lipinski definition) is 2. The first-order chi connectivity index (χ1) is 9.30. The van der Waals surface area contributed by atoms with Crippen molar-refractivity contribution in [1.29, 1.82) is 0 Å². The molecule has 0 spiro atoms. The minimum absolute atomic E-state index is 0.0817. The van der Waals surface area contributed by atoms with Gasteiger partial charge in [0, 0.05) is 31.1 Å². The Morgan fingerprint density at radius 3 is 2.14 bits per heavy atom.